The van der Waals surface area contributed by atoms with Gasteiger partial charge in [-0.05, 0) is 62.7 Å². The fourth-order valence-electron chi connectivity index (χ4n) is 5.02. The SMILES string of the molecule is CC1=NCC(=O)N(Br)c2cc(C(=O)Nc3ccc(C)c(N4Cc5cnc(Nc6ccc(C)nc6)nc5N(C)C4=O)c3)ccc21. The molecule has 0 spiro atoms. The van der Waals surface area contributed by atoms with Gasteiger partial charge >= 0.3 is 6.03 Å². The number of amides is 4. The lowest BCUT2D eigenvalue weighted by Crippen LogP contribution is -2.46. The molecule has 13 heteroatoms. The number of carbonyl (C=O) groups excluding carboxylic acids is 3. The molecule has 2 aliphatic heterocycles. The van der Waals surface area contributed by atoms with E-state index in [0.717, 1.165) is 28.1 Å². The number of halogens is 1. The van der Waals surface area contributed by atoms with Crippen LogP contribution in [0.5, 0.6) is 0 Å². The predicted octanol–water partition coefficient (Wildman–Crippen LogP) is 5.53. The number of pyridine rings is 1. The number of rotatable bonds is 5. The van der Waals surface area contributed by atoms with Crippen LogP contribution in [0.1, 0.15) is 39.7 Å². The topological polar surface area (TPSA) is 136 Å². The van der Waals surface area contributed by atoms with Crippen molar-refractivity contribution in [2.45, 2.75) is 27.3 Å². The number of nitrogens with one attached hydrogen (secondary N) is 2. The lowest BCUT2D eigenvalue weighted by atomic mass is 10.0. The predicted molar refractivity (Wildman–Crippen MR) is 173 cm³/mol. The maximum absolute atomic E-state index is 13.6. The highest BCUT2D eigenvalue weighted by molar-refractivity contribution is 9.10. The van der Waals surface area contributed by atoms with E-state index in [-0.39, 0.29) is 30.9 Å². The van der Waals surface area contributed by atoms with E-state index in [2.05, 4.69) is 46.7 Å². The first-order valence-corrected chi connectivity index (χ1v) is 14.5. The molecule has 0 fully saturated rings. The minimum absolute atomic E-state index is 0.0175. The quantitative estimate of drug-likeness (QED) is 0.270. The fraction of sp³-hybridized carbons (Fsp3) is 0.194. The van der Waals surface area contributed by atoms with Crippen LogP contribution in [-0.2, 0) is 11.3 Å². The van der Waals surface area contributed by atoms with Gasteiger partial charge in [-0.1, -0.05) is 12.1 Å². The van der Waals surface area contributed by atoms with Gasteiger partial charge in [-0.15, -0.1) is 0 Å². The van der Waals surface area contributed by atoms with Crippen molar-refractivity contribution in [3.63, 3.8) is 0 Å². The largest absolute Gasteiger partial charge is 0.330 e. The van der Waals surface area contributed by atoms with Gasteiger partial charge in [-0.25, -0.2) is 13.7 Å². The number of benzene rings is 2. The summed E-state index contributed by atoms with van der Waals surface area (Å²) >= 11 is 3.31. The molecule has 0 bridgehead atoms. The molecule has 2 aromatic carbocycles. The van der Waals surface area contributed by atoms with Gasteiger partial charge < -0.3 is 10.6 Å². The Morgan fingerprint density at radius 3 is 2.50 bits per heavy atom. The summed E-state index contributed by atoms with van der Waals surface area (Å²) in [6.07, 6.45) is 3.40. The van der Waals surface area contributed by atoms with E-state index in [1.54, 1.807) is 54.7 Å². The Kier molecular flexibility index (Phi) is 7.55. The monoisotopic (exact) mass is 653 g/mol. The van der Waals surface area contributed by atoms with E-state index in [9.17, 15) is 14.4 Å². The third-order valence-electron chi connectivity index (χ3n) is 7.46. The van der Waals surface area contributed by atoms with Crippen molar-refractivity contribution in [2.24, 2.45) is 4.99 Å². The number of aromatic nitrogens is 3. The van der Waals surface area contributed by atoms with Gasteiger partial charge in [-0.3, -0.25) is 29.4 Å². The van der Waals surface area contributed by atoms with Crippen LogP contribution in [0.15, 0.2) is 65.9 Å². The molecule has 0 atom stereocenters. The zero-order valence-electron chi connectivity index (χ0n) is 24.4. The van der Waals surface area contributed by atoms with Crippen LogP contribution in [-0.4, -0.2) is 52.1 Å². The van der Waals surface area contributed by atoms with Crippen LogP contribution < -0.4 is 24.4 Å². The molecule has 44 heavy (non-hydrogen) atoms. The molecule has 0 radical (unpaired) electrons. The minimum atomic E-state index is -0.362. The second-order valence-corrected chi connectivity index (χ2v) is 11.3. The Balaban J connectivity index is 1.23. The van der Waals surface area contributed by atoms with Gasteiger partial charge in [0.1, 0.15) is 12.4 Å². The summed E-state index contributed by atoms with van der Waals surface area (Å²) in [6, 6.07) is 14.0. The van der Waals surface area contributed by atoms with Crippen molar-refractivity contribution in [1.82, 2.24) is 15.0 Å². The smallest absolute Gasteiger partial charge is 0.323 e. The highest BCUT2D eigenvalue weighted by Crippen LogP contribution is 2.34. The van der Waals surface area contributed by atoms with Crippen molar-refractivity contribution in [2.75, 3.05) is 38.0 Å². The van der Waals surface area contributed by atoms with Crippen molar-refractivity contribution in [1.29, 1.82) is 0 Å². The van der Waals surface area contributed by atoms with Gasteiger partial charge in [0.2, 0.25) is 5.95 Å². The van der Waals surface area contributed by atoms with E-state index in [1.165, 1.54) is 8.83 Å². The zero-order valence-corrected chi connectivity index (χ0v) is 26.0. The van der Waals surface area contributed by atoms with Crippen molar-refractivity contribution in [3.05, 3.63) is 88.9 Å². The Bertz CT molecular complexity index is 1860. The van der Waals surface area contributed by atoms with Gasteiger partial charge in [0.05, 0.1) is 46.0 Å². The number of aryl methyl sites for hydroxylation is 2. The average molecular weight is 655 g/mol. The maximum Gasteiger partial charge on any atom is 0.330 e. The molecule has 4 heterocycles. The van der Waals surface area contributed by atoms with Crippen LogP contribution in [0.2, 0.25) is 0 Å². The van der Waals surface area contributed by atoms with Crippen LogP contribution >= 0.6 is 16.1 Å². The lowest BCUT2D eigenvalue weighted by molar-refractivity contribution is -0.115. The highest BCUT2D eigenvalue weighted by Gasteiger charge is 2.32. The van der Waals surface area contributed by atoms with Crippen LogP contribution in [0, 0.1) is 13.8 Å². The molecule has 0 saturated carbocycles. The second-order valence-electron chi connectivity index (χ2n) is 10.5. The third kappa shape index (κ3) is 5.49. The molecule has 2 N–H and O–H groups in total. The first kappa shape index (κ1) is 28.9. The maximum atomic E-state index is 13.6. The molecule has 6 rings (SSSR count). The van der Waals surface area contributed by atoms with Crippen LogP contribution in [0.4, 0.5) is 39.3 Å². The normalized spacial score (nSPS) is 14.5. The summed E-state index contributed by atoms with van der Waals surface area (Å²) in [5.41, 5.74) is 6.80. The Hall–Kier alpha value is -5.17. The number of nitrogens with zero attached hydrogens (tertiary/aromatic N) is 7. The first-order chi connectivity index (χ1) is 21.1. The summed E-state index contributed by atoms with van der Waals surface area (Å²) < 4.78 is 1.34. The number of urea groups is 1. The number of hydrogen-bond donors (Lipinski definition) is 2. The van der Waals surface area contributed by atoms with E-state index in [4.69, 9.17) is 0 Å². The second kappa shape index (κ2) is 11.5. The Morgan fingerprint density at radius 2 is 1.73 bits per heavy atom. The molecule has 4 aromatic rings. The number of hydrogen-bond acceptors (Lipinski definition) is 8. The van der Waals surface area contributed by atoms with Gasteiger partial charge in [0.15, 0.2) is 0 Å². The lowest BCUT2D eigenvalue weighted by Gasteiger charge is -2.35. The first-order valence-electron chi connectivity index (χ1n) is 13.8. The molecular formula is C31H28BrN9O3. The van der Waals surface area contributed by atoms with E-state index >= 15 is 0 Å². The number of anilines is 6. The summed E-state index contributed by atoms with van der Waals surface area (Å²) in [4.78, 5) is 60.0. The summed E-state index contributed by atoms with van der Waals surface area (Å²) in [7, 11) is 1.67. The van der Waals surface area contributed by atoms with E-state index in [0.29, 0.717) is 40.1 Å². The van der Waals surface area contributed by atoms with E-state index < -0.39 is 0 Å². The zero-order chi connectivity index (χ0) is 31.1. The molecular weight excluding hydrogens is 626 g/mol. The van der Waals surface area contributed by atoms with Crippen molar-refractivity contribution < 1.29 is 14.4 Å². The molecule has 0 saturated heterocycles. The number of carbonyl (C=O) groups is 3. The van der Waals surface area contributed by atoms with Gasteiger partial charge in [0, 0.05) is 47.0 Å². The standard InChI is InChI=1S/C31H28BrN9O3/c1-17-5-8-22(36-29(43)20-7-10-24-19(3)34-15-27(42)41(32)26(24)11-20)12-25(17)40-16-21-13-35-30(38-28(21)39(4)31(40)44)37-23-9-6-18(2)33-14-23/h5-14H,15-16H2,1-4H3,(H,36,43)(H,35,37,38). The van der Waals surface area contributed by atoms with Gasteiger partial charge in [-0.2, -0.15) is 4.98 Å². The van der Waals surface area contributed by atoms with Crippen molar-refractivity contribution >= 4 is 74.2 Å². The summed E-state index contributed by atoms with van der Waals surface area (Å²) in [6.45, 7) is 5.91. The number of fused-ring (bicyclic) bond motifs is 2. The molecule has 0 aliphatic carbocycles. The molecule has 222 valence electrons. The summed E-state index contributed by atoms with van der Waals surface area (Å²) in [5, 5.41) is 6.06. The Labute approximate surface area is 262 Å². The molecule has 2 aromatic heterocycles. The minimum Gasteiger partial charge on any atom is -0.323 e. The van der Waals surface area contributed by atoms with Gasteiger partial charge in [0.25, 0.3) is 11.8 Å². The molecule has 12 nitrogen and oxygen atoms in total. The van der Waals surface area contributed by atoms with Crippen LogP contribution in [0.3, 0.4) is 0 Å². The summed E-state index contributed by atoms with van der Waals surface area (Å²) in [5.74, 6) is 0.271. The van der Waals surface area contributed by atoms with Crippen LogP contribution in [0.25, 0.3) is 0 Å². The Morgan fingerprint density at radius 1 is 0.932 bits per heavy atom. The fourth-order valence-corrected chi connectivity index (χ4v) is 5.42. The average Bonchev–Trinajstić information content (AvgIpc) is 3.12. The molecule has 4 amide bonds. The number of benzodiazepines with no additional fused rings is 1. The highest BCUT2D eigenvalue weighted by atomic mass is 79.9. The molecule has 0 unspecified atom stereocenters. The molecule has 2 aliphatic rings. The third-order valence-corrected chi connectivity index (χ3v) is 8.24. The van der Waals surface area contributed by atoms with Crippen molar-refractivity contribution in [3.8, 4) is 0 Å². The van der Waals surface area contributed by atoms with E-state index in [1.807, 2.05) is 39.0 Å². The number of aliphatic imine (C=N–C) groups is 1.